The zero-order valence-corrected chi connectivity index (χ0v) is 14.9. The second kappa shape index (κ2) is 7.96. The Morgan fingerprint density at radius 1 is 1.04 bits per heavy atom. The lowest BCUT2D eigenvalue weighted by atomic mass is 10.2. The van der Waals surface area contributed by atoms with E-state index in [-0.39, 0.29) is 5.91 Å². The van der Waals surface area contributed by atoms with Crippen LogP contribution in [0.2, 0.25) is 0 Å². The number of para-hydroxylation sites is 1. The van der Waals surface area contributed by atoms with E-state index in [0.717, 1.165) is 32.0 Å². The van der Waals surface area contributed by atoms with E-state index < -0.39 is 0 Å². The molecular weight excluding hydrogens is 314 g/mol. The molecule has 0 aliphatic carbocycles. The van der Waals surface area contributed by atoms with Crippen molar-refractivity contribution in [2.75, 3.05) is 42.5 Å². The van der Waals surface area contributed by atoms with Crippen molar-refractivity contribution >= 4 is 17.4 Å². The molecule has 1 amide bonds. The van der Waals surface area contributed by atoms with Crippen molar-refractivity contribution in [2.24, 2.45) is 5.92 Å². The third-order valence-corrected chi connectivity index (χ3v) is 4.27. The lowest BCUT2D eigenvalue weighted by Crippen LogP contribution is -2.46. The van der Waals surface area contributed by atoms with Crippen molar-refractivity contribution in [1.29, 1.82) is 0 Å². The molecule has 0 saturated carbocycles. The van der Waals surface area contributed by atoms with Crippen molar-refractivity contribution in [3.8, 4) is 0 Å². The average molecular weight is 339 g/mol. The number of nitrogens with zero attached hydrogens (tertiary/aromatic N) is 4. The van der Waals surface area contributed by atoms with Gasteiger partial charge in [-0.2, -0.15) is 0 Å². The number of hydrogen-bond acceptors (Lipinski definition) is 5. The zero-order valence-electron chi connectivity index (χ0n) is 14.9. The van der Waals surface area contributed by atoms with E-state index in [4.69, 9.17) is 0 Å². The van der Waals surface area contributed by atoms with Crippen LogP contribution in [-0.4, -0.2) is 48.6 Å². The van der Waals surface area contributed by atoms with E-state index in [9.17, 15) is 4.79 Å². The minimum atomic E-state index is -0.165. The van der Waals surface area contributed by atoms with Crippen LogP contribution in [0.4, 0.5) is 11.5 Å². The Hall–Kier alpha value is -2.63. The van der Waals surface area contributed by atoms with Crippen molar-refractivity contribution in [2.45, 2.75) is 13.8 Å². The highest BCUT2D eigenvalue weighted by Gasteiger charge is 2.19. The van der Waals surface area contributed by atoms with Crippen LogP contribution >= 0.6 is 0 Å². The normalized spacial score (nSPS) is 14.7. The summed E-state index contributed by atoms with van der Waals surface area (Å²) in [7, 11) is 0. The van der Waals surface area contributed by atoms with Crippen LogP contribution in [0.1, 0.15) is 24.3 Å². The molecule has 1 aliphatic rings. The van der Waals surface area contributed by atoms with Crippen molar-refractivity contribution < 1.29 is 4.79 Å². The number of piperazine rings is 1. The van der Waals surface area contributed by atoms with E-state index in [1.54, 1.807) is 12.4 Å². The van der Waals surface area contributed by atoms with Gasteiger partial charge in [-0.25, -0.2) is 9.97 Å². The molecule has 1 saturated heterocycles. The van der Waals surface area contributed by atoms with Crippen LogP contribution in [0.3, 0.4) is 0 Å². The van der Waals surface area contributed by atoms with Crippen LogP contribution in [0, 0.1) is 5.92 Å². The lowest BCUT2D eigenvalue weighted by molar-refractivity contribution is 0.0943. The lowest BCUT2D eigenvalue weighted by Gasteiger charge is -2.36. The summed E-state index contributed by atoms with van der Waals surface area (Å²) in [6.07, 6.45) is 3.26. The van der Waals surface area contributed by atoms with Crippen LogP contribution in [-0.2, 0) is 0 Å². The Morgan fingerprint density at radius 2 is 1.72 bits per heavy atom. The maximum Gasteiger partial charge on any atom is 0.271 e. The highest BCUT2D eigenvalue weighted by molar-refractivity contribution is 5.92. The molecule has 1 fully saturated rings. The smallest absolute Gasteiger partial charge is 0.271 e. The van der Waals surface area contributed by atoms with Gasteiger partial charge < -0.3 is 15.1 Å². The van der Waals surface area contributed by atoms with Gasteiger partial charge in [-0.1, -0.05) is 32.0 Å². The Bertz CT molecular complexity index is 679. The van der Waals surface area contributed by atoms with E-state index in [0.29, 0.717) is 18.2 Å². The molecule has 132 valence electrons. The minimum Gasteiger partial charge on any atom is -0.368 e. The minimum absolute atomic E-state index is 0.165. The molecule has 1 aromatic carbocycles. The topological polar surface area (TPSA) is 61.4 Å². The number of nitrogens with one attached hydrogen (secondary N) is 1. The summed E-state index contributed by atoms with van der Waals surface area (Å²) in [6.45, 7) is 8.44. The van der Waals surface area contributed by atoms with E-state index in [2.05, 4.69) is 63.2 Å². The molecule has 1 aliphatic heterocycles. The summed E-state index contributed by atoms with van der Waals surface area (Å²) in [5, 5.41) is 2.86. The Kier molecular flexibility index (Phi) is 5.48. The van der Waals surface area contributed by atoms with Crippen LogP contribution < -0.4 is 15.1 Å². The van der Waals surface area contributed by atoms with Gasteiger partial charge in [-0.15, -0.1) is 0 Å². The number of amides is 1. The fourth-order valence-electron chi connectivity index (χ4n) is 2.82. The van der Waals surface area contributed by atoms with Gasteiger partial charge >= 0.3 is 0 Å². The molecule has 0 unspecified atom stereocenters. The molecule has 6 nitrogen and oxygen atoms in total. The molecule has 6 heteroatoms. The van der Waals surface area contributed by atoms with Crippen molar-refractivity contribution in [3.63, 3.8) is 0 Å². The molecule has 2 heterocycles. The van der Waals surface area contributed by atoms with Crippen LogP contribution in [0.25, 0.3) is 0 Å². The number of anilines is 2. The second-order valence-electron chi connectivity index (χ2n) is 6.67. The average Bonchev–Trinajstić information content (AvgIpc) is 2.67. The summed E-state index contributed by atoms with van der Waals surface area (Å²) >= 11 is 0. The van der Waals surface area contributed by atoms with Gasteiger partial charge in [0.25, 0.3) is 5.91 Å². The quantitative estimate of drug-likeness (QED) is 0.905. The monoisotopic (exact) mass is 339 g/mol. The molecule has 0 atom stereocenters. The van der Waals surface area contributed by atoms with Gasteiger partial charge in [0.2, 0.25) is 0 Å². The summed E-state index contributed by atoms with van der Waals surface area (Å²) in [5.41, 5.74) is 1.62. The predicted octanol–water partition coefficient (Wildman–Crippen LogP) is 2.19. The number of aromatic nitrogens is 2. The van der Waals surface area contributed by atoms with Gasteiger partial charge in [0.15, 0.2) is 0 Å². The summed E-state index contributed by atoms with van der Waals surface area (Å²) in [6, 6.07) is 10.4. The first kappa shape index (κ1) is 17.2. The number of carbonyl (C=O) groups excluding carboxylic acids is 1. The number of hydrogen-bond donors (Lipinski definition) is 1. The fourth-order valence-corrected chi connectivity index (χ4v) is 2.82. The molecule has 0 radical (unpaired) electrons. The van der Waals surface area contributed by atoms with Gasteiger partial charge in [0, 0.05) is 38.4 Å². The van der Waals surface area contributed by atoms with Crippen LogP contribution in [0.5, 0.6) is 0 Å². The summed E-state index contributed by atoms with van der Waals surface area (Å²) < 4.78 is 0. The third kappa shape index (κ3) is 4.47. The predicted molar refractivity (Wildman–Crippen MR) is 100 cm³/mol. The second-order valence-corrected chi connectivity index (χ2v) is 6.67. The molecular formula is C19H25N5O. The first-order chi connectivity index (χ1) is 12.1. The largest absolute Gasteiger partial charge is 0.368 e. The standard InChI is InChI=1S/C19H25N5O/c1-15(2)12-22-19(25)17-13-21-18(14-20-17)24-10-8-23(9-11-24)16-6-4-3-5-7-16/h3-7,13-15H,8-12H2,1-2H3,(H,22,25). The highest BCUT2D eigenvalue weighted by atomic mass is 16.1. The van der Waals surface area contributed by atoms with E-state index >= 15 is 0 Å². The SMILES string of the molecule is CC(C)CNC(=O)c1cnc(N2CCN(c3ccccc3)CC2)cn1. The van der Waals surface area contributed by atoms with Gasteiger partial charge in [-0.05, 0) is 18.1 Å². The fraction of sp³-hybridized carbons (Fsp3) is 0.421. The highest BCUT2D eigenvalue weighted by Crippen LogP contribution is 2.18. The summed E-state index contributed by atoms with van der Waals surface area (Å²) in [4.78, 5) is 25.3. The van der Waals surface area contributed by atoms with Crippen molar-refractivity contribution in [1.82, 2.24) is 15.3 Å². The third-order valence-electron chi connectivity index (χ3n) is 4.27. The van der Waals surface area contributed by atoms with E-state index in [1.807, 2.05) is 6.07 Å². The van der Waals surface area contributed by atoms with Crippen LogP contribution in [0.15, 0.2) is 42.7 Å². The first-order valence-corrected chi connectivity index (χ1v) is 8.78. The molecule has 0 bridgehead atoms. The molecule has 1 N–H and O–H groups in total. The number of rotatable bonds is 5. The van der Waals surface area contributed by atoms with E-state index in [1.165, 1.54) is 5.69 Å². The molecule has 3 rings (SSSR count). The maximum atomic E-state index is 12.0. The number of carbonyl (C=O) groups is 1. The Morgan fingerprint density at radius 3 is 2.32 bits per heavy atom. The molecule has 1 aromatic heterocycles. The van der Waals surface area contributed by atoms with Crippen molar-refractivity contribution in [3.05, 3.63) is 48.4 Å². The molecule has 0 spiro atoms. The molecule has 25 heavy (non-hydrogen) atoms. The number of benzene rings is 1. The van der Waals surface area contributed by atoms with Gasteiger partial charge in [0.1, 0.15) is 11.5 Å². The maximum absolute atomic E-state index is 12.0. The van der Waals surface area contributed by atoms with Gasteiger partial charge in [0.05, 0.1) is 12.4 Å². The Labute approximate surface area is 148 Å². The first-order valence-electron chi connectivity index (χ1n) is 8.78. The Balaban J connectivity index is 1.56. The summed E-state index contributed by atoms with van der Waals surface area (Å²) in [5.74, 6) is 1.08. The van der Waals surface area contributed by atoms with Gasteiger partial charge in [-0.3, -0.25) is 4.79 Å². The zero-order chi connectivity index (χ0) is 17.6. The molecule has 2 aromatic rings.